The Kier molecular flexibility index (Phi) is 6.40. The zero-order chi connectivity index (χ0) is 15.8. The van der Waals surface area contributed by atoms with Crippen LogP contribution >= 0.6 is 0 Å². The van der Waals surface area contributed by atoms with Crippen molar-refractivity contribution in [3.8, 4) is 0 Å². The first kappa shape index (κ1) is 16.5. The van der Waals surface area contributed by atoms with E-state index < -0.39 is 5.97 Å². The first-order chi connectivity index (χ1) is 10.7. The molecule has 2 rings (SSSR count). The first-order valence-electron chi connectivity index (χ1n) is 7.89. The fraction of sp³-hybridized carbons (Fsp3) is 0.529. The van der Waals surface area contributed by atoms with Gasteiger partial charge in [-0.3, -0.25) is 4.79 Å². The molecule has 1 aliphatic rings. The number of carbonyl (C=O) groups is 2. The molecule has 0 spiro atoms. The number of hydrogen-bond donors (Lipinski definition) is 1. The van der Waals surface area contributed by atoms with Crippen molar-refractivity contribution in [3.05, 3.63) is 29.8 Å². The molecule has 0 aromatic heterocycles. The van der Waals surface area contributed by atoms with Crippen LogP contribution in [0.4, 0.5) is 5.69 Å². The Morgan fingerprint density at radius 3 is 2.59 bits per heavy atom. The second-order valence-electron chi connectivity index (χ2n) is 5.63. The summed E-state index contributed by atoms with van der Waals surface area (Å²) in [6, 6.07) is 6.81. The van der Waals surface area contributed by atoms with Gasteiger partial charge < -0.3 is 15.0 Å². The molecule has 1 aromatic rings. The fourth-order valence-electron chi connectivity index (χ4n) is 2.68. The highest BCUT2D eigenvalue weighted by Crippen LogP contribution is 2.13. The van der Waals surface area contributed by atoms with Gasteiger partial charge >= 0.3 is 5.97 Å². The number of amides is 1. The molecule has 0 aliphatic carbocycles. The van der Waals surface area contributed by atoms with Crippen LogP contribution in [0.5, 0.6) is 0 Å². The maximum atomic E-state index is 12.0. The van der Waals surface area contributed by atoms with Gasteiger partial charge in [-0.25, -0.2) is 4.79 Å². The monoisotopic (exact) mass is 304 g/mol. The number of likely N-dealkylation sites (tertiary alicyclic amines) is 1. The normalized spacial score (nSPS) is 15.9. The van der Waals surface area contributed by atoms with Crippen molar-refractivity contribution in [2.45, 2.75) is 32.1 Å². The van der Waals surface area contributed by atoms with E-state index in [0.29, 0.717) is 17.7 Å². The second-order valence-corrected chi connectivity index (χ2v) is 5.63. The molecule has 1 N–H and O–H groups in total. The summed E-state index contributed by atoms with van der Waals surface area (Å²) >= 11 is 0. The lowest BCUT2D eigenvalue weighted by Crippen LogP contribution is -2.28. The van der Waals surface area contributed by atoms with Gasteiger partial charge in [-0.1, -0.05) is 18.9 Å². The Morgan fingerprint density at radius 1 is 1.18 bits per heavy atom. The summed E-state index contributed by atoms with van der Waals surface area (Å²) in [4.78, 5) is 25.9. The van der Waals surface area contributed by atoms with E-state index in [1.54, 1.807) is 24.3 Å². The number of carbonyl (C=O) groups excluding carboxylic acids is 2. The number of nitrogens with zero attached hydrogens (tertiary/aromatic N) is 1. The van der Waals surface area contributed by atoms with Gasteiger partial charge in [0.1, 0.15) is 0 Å². The molecule has 1 aliphatic heterocycles. The summed E-state index contributed by atoms with van der Waals surface area (Å²) in [6.07, 6.45) is 5.51. The molecule has 0 atom stereocenters. The van der Waals surface area contributed by atoms with Crippen molar-refractivity contribution in [2.75, 3.05) is 32.1 Å². The Bertz CT molecular complexity index is 508. The molecular weight excluding hydrogens is 280 g/mol. The number of anilines is 1. The maximum absolute atomic E-state index is 12.0. The van der Waals surface area contributed by atoms with E-state index in [1.165, 1.54) is 32.8 Å². The summed E-state index contributed by atoms with van der Waals surface area (Å²) in [6.45, 7) is 2.97. The van der Waals surface area contributed by atoms with Gasteiger partial charge in [0.25, 0.3) is 0 Å². The number of nitrogens with one attached hydrogen (secondary N) is 1. The maximum Gasteiger partial charge on any atom is 0.337 e. The molecule has 0 radical (unpaired) electrons. The highest BCUT2D eigenvalue weighted by Gasteiger charge is 2.12. The van der Waals surface area contributed by atoms with Gasteiger partial charge in [-0.2, -0.15) is 0 Å². The molecule has 5 nitrogen and oxygen atoms in total. The van der Waals surface area contributed by atoms with Gasteiger partial charge in [0.05, 0.1) is 12.7 Å². The Balaban J connectivity index is 1.82. The molecular formula is C17H24N2O3. The predicted octanol–water partition coefficient (Wildman–Crippen LogP) is 2.68. The summed E-state index contributed by atoms with van der Waals surface area (Å²) in [5.41, 5.74) is 1.07. The number of methoxy groups -OCH3 is 1. The van der Waals surface area contributed by atoms with Crippen LogP contribution in [0.25, 0.3) is 0 Å². The number of esters is 1. The second kappa shape index (κ2) is 8.54. The molecule has 0 saturated carbocycles. The van der Waals surface area contributed by atoms with E-state index in [1.807, 2.05) is 0 Å². The largest absolute Gasteiger partial charge is 0.465 e. The molecule has 22 heavy (non-hydrogen) atoms. The lowest BCUT2D eigenvalue weighted by Gasteiger charge is -2.19. The average Bonchev–Trinajstić information content (AvgIpc) is 2.81. The van der Waals surface area contributed by atoms with E-state index in [0.717, 1.165) is 19.6 Å². The molecule has 5 heteroatoms. The first-order valence-corrected chi connectivity index (χ1v) is 7.89. The highest BCUT2D eigenvalue weighted by atomic mass is 16.5. The van der Waals surface area contributed by atoms with Crippen LogP contribution in [0.2, 0.25) is 0 Å². The van der Waals surface area contributed by atoms with Crippen LogP contribution in [0.1, 0.15) is 42.5 Å². The molecule has 1 aromatic carbocycles. The van der Waals surface area contributed by atoms with Crippen molar-refractivity contribution in [2.24, 2.45) is 0 Å². The quantitative estimate of drug-likeness (QED) is 0.850. The third kappa shape index (κ3) is 5.15. The van der Waals surface area contributed by atoms with Gasteiger partial charge in [0.15, 0.2) is 0 Å². The van der Waals surface area contributed by atoms with Crippen molar-refractivity contribution in [1.82, 2.24) is 4.90 Å². The predicted molar refractivity (Wildman–Crippen MR) is 85.9 cm³/mol. The third-order valence-electron chi connectivity index (χ3n) is 3.92. The highest BCUT2D eigenvalue weighted by molar-refractivity contribution is 5.94. The smallest absolute Gasteiger partial charge is 0.337 e. The topological polar surface area (TPSA) is 58.6 Å². The zero-order valence-corrected chi connectivity index (χ0v) is 13.1. The molecule has 1 heterocycles. The lowest BCUT2D eigenvalue weighted by molar-refractivity contribution is -0.116. The molecule has 120 valence electrons. The van der Waals surface area contributed by atoms with E-state index >= 15 is 0 Å². The molecule has 1 fully saturated rings. The molecule has 0 unspecified atom stereocenters. The summed E-state index contributed by atoms with van der Waals surface area (Å²) in [5, 5.41) is 2.84. The van der Waals surface area contributed by atoms with Crippen LogP contribution in [0.15, 0.2) is 24.3 Å². The van der Waals surface area contributed by atoms with Crippen molar-refractivity contribution < 1.29 is 14.3 Å². The van der Waals surface area contributed by atoms with Crippen molar-refractivity contribution in [1.29, 1.82) is 0 Å². The third-order valence-corrected chi connectivity index (χ3v) is 3.92. The van der Waals surface area contributed by atoms with Gasteiger partial charge in [0.2, 0.25) is 5.91 Å². The summed E-state index contributed by atoms with van der Waals surface area (Å²) in [7, 11) is 1.34. The molecule has 0 bridgehead atoms. The minimum atomic E-state index is -0.402. The van der Waals surface area contributed by atoms with Crippen LogP contribution < -0.4 is 5.32 Å². The van der Waals surface area contributed by atoms with E-state index in [9.17, 15) is 9.59 Å². The Labute approximate surface area is 131 Å². The van der Waals surface area contributed by atoms with Crippen molar-refractivity contribution >= 4 is 17.6 Å². The lowest BCUT2D eigenvalue weighted by atomic mass is 10.2. The van der Waals surface area contributed by atoms with Gasteiger partial charge in [-0.05, 0) is 44.1 Å². The standard InChI is InChI=1S/C17H24N2O3/c1-22-17(21)14-7-6-8-15(13-14)18-16(20)9-12-19-10-4-2-3-5-11-19/h6-8,13H,2-5,9-12H2,1H3,(H,18,20). The molecule has 1 saturated heterocycles. The minimum Gasteiger partial charge on any atom is -0.465 e. The fourth-order valence-corrected chi connectivity index (χ4v) is 2.68. The minimum absolute atomic E-state index is 0.0220. The summed E-state index contributed by atoms with van der Waals surface area (Å²) < 4.78 is 4.68. The number of rotatable bonds is 5. The van der Waals surface area contributed by atoms with E-state index in [2.05, 4.69) is 15.0 Å². The SMILES string of the molecule is COC(=O)c1cccc(NC(=O)CCN2CCCCCC2)c1. The molecule has 1 amide bonds. The Morgan fingerprint density at radius 2 is 1.91 bits per heavy atom. The number of hydrogen-bond acceptors (Lipinski definition) is 4. The average molecular weight is 304 g/mol. The number of ether oxygens (including phenoxy) is 1. The van der Waals surface area contributed by atoms with Crippen LogP contribution in [-0.4, -0.2) is 43.5 Å². The van der Waals surface area contributed by atoms with Crippen LogP contribution in [0.3, 0.4) is 0 Å². The summed E-state index contributed by atoms with van der Waals surface area (Å²) in [5.74, 6) is -0.424. The van der Waals surface area contributed by atoms with E-state index in [4.69, 9.17) is 0 Å². The van der Waals surface area contributed by atoms with Gasteiger partial charge in [-0.15, -0.1) is 0 Å². The Hall–Kier alpha value is -1.88. The van der Waals surface area contributed by atoms with Gasteiger partial charge in [0, 0.05) is 18.7 Å². The van der Waals surface area contributed by atoms with Crippen molar-refractivity contribution in [3.63, 3.8) is 0 Å². The van der Waals surface area contributed by atoms with E-state index in [-0.39, 0.29) is 5.91 Å². The zero-order valence-electron chi connectivity index (χ0n) is 13.1. The van der Waals surface area contributed by atoms with Crippen LogP contribution in [-0.2, 0) is 9.53 Å². The number of benzene rings is 1. The van der Waals surface area contributed by atoms with Crippen LogP contribution in [0, 0.1) is 0 Å².